The van der Waals surface area contributed by atoms with Gasteiger partial charge < -0.3 is 15.5 Å². The molecule has 0 fully saturated rings. The highest BCUT2D eigenvalue weighted by Gasteiger charge is 2.00. The Hall–Kier alpha value is -0.770. The van der Waals surface area contributed by atoms with Crippen LogP contribution in [-0.2, 0) is 0 Å². The van der Waals surface area contributed by atoms with Crippen molar-refractivity contribution in [3.63, 3.8) is 0 Å². The van der Waals surface area contributed by atoms with Crippen LogP contribution in [0, 0.1) is 0 Å². The van der Waals surface area contributed by atoms with Gasteiger partial charge in [0.2, 0.25) is 0 Å². The molecular weight excluding hydrogens is 200 g/mol. The fraction of sp³-hybridized carbons (Fsp3) is 0.917. The summed E-state index contributed by atoms with van der Waals surface area (Å²) in [4.78, 5) is 6.92. The largest absolute Gasteiger partial charge is 0.357 e. The van der Waals surface area contributed by atoms with Gasteiger partial charge in [-0.3, -0.25) is 4.99 Å². The average molecular weight is 228 g/mol. The van der Waals surface area contributed by atoms with Gasteiger partial charge in [0, 0.05) is 19.1 Å². The minimum Gasteiger partial charge on any atom is -0.357 e. The van der Waals surface area contributed by atoms with Crippen molar-refractivity contribution >= 4 is 5.96 Å². The first-order valence-corrected chi connectivity index (χ1v) is 6.41. The molecule has 96 valence electrons. The van der Waals surface area contributed by atoms with Crippen LogP contribution < -0.4 is 10.6 Å². The molecule has 0 spiro atoms. The molecular formula is C12H28N4. The maximum atomic E-state index is 4.54. The lowest BCUT2D eigenvalue weighted by Crippen LogP contribution is -2.41. The zero-order valence-electron chi connectivity index (χ0n) is 11.5. The lowest BCUT2D eigenvalue weighted by molar-refractivity contribution is 0.313. The Morgan fingerprint density at radius 1 is 1.19 bits per heavy atom. The Morgan fingerprint density at radius 2 is 1.81 bits per heavy atom. The smallest absolute Gasteiger partial charge is 0.191 e. The Balaban J connectivity index is 4.01. The molecule has 0 rings (SSSR count). The van der Waals surface area contributed by atoms with E-state index in [4.69, 9.17) is 0 Å². The first-order valence-electron chi connectivity index (χ1n) is 6.41. The summed E-state index contributed by atoms with van der Waals surface area (Å²) in [5.41, 5.74) is 0. The molecule has 0 aliphatic carbocycles. The second kappa shape index (κ2) is 9.46. The molecule has 0 bridgehead atoms. The molecule has 2 N–H and O–H groups in total. The van der Waals surface area contributed by atoms with Crippen LogP contribution in [0.25, 0.3) is 0 Å². The second-order valence-electron chi connectivity index (χ2n) is 4.09. The van der Waals surface area contributed by atoms with Gasteiger partial charge in [-0.05, 0) is 33.9 Å². The predicted octanol–water partition coefficient (Wildman–Crippen LogP) is 1.29. The quantitative estimate of drug-likeness (QED) is 0.509. The molecule has 0 aromatic rings. The fourth-order valence-corrected chi connectivity index (χ4v) is 1.44. The topological polar surface area (TPSA) is 39.7 Å². The summed E-state index contributed by atoms with van der Waals surface area (Å²) in [6, 6.07) is 0.422. The summed E-state index contributed by atoms with van der Waals surface area (Å²) in [5, 5.41) is 6.55. The highest BCUT2D eigenvalue weighted by molar-refractivity contribution is 5.79. The van der Waals surface area contributed by atoms with Gasteiger partial charge in [0.05, 0.1) is 6.54 Å². The minimum absolute atomic E-state index is 0.422. The monoisotopic (exact) mass is 228 g/mol. The summed E-state index contributed by atoms with van der Waals surface area (Å²) in [7, 11) is 0. The van der Waals surface area contributed by atoms with Gasteiger partial charge in [-0.1, -0.05) is 13.8 Å². The maximum absolute atomic E-state index is 4.54. The highest BCUT2D eigenvalue weighted by Crippen LogP contribution is 1.87. The Bertz CT molecular complexity index is 185. The molecule has 0 saturated carbocycles. The number of hydrogen-bond acceptors (Lipinski definition) is 2. The van der Waals surface area contributed by atoms with E-state index >= 15 is 0 Å². The van der Waals surface area contributed by atoms with E-state index in [1.807, 2.05) is 0 Å². The third kappa shape index (κ3) is 7.51. The molecule has 0 saturated heterocycles. The predicted molar refractivity (Wildman–Crippen MR) is 72.0 cm³/mol. The number of aliphatic imine (C=N–C) groups is 1. The Kier molecular flexibility index (Phi) is 9.00. The molecule has 0 heterocycles. The molecule has 0 amide bonds. The third-order valence-electron chi connectivity index (χ3n) is 2.35. The fourth-order valence-electron chi connectivity index (χ4n) is 1.44. The summed E-state index contributed by atoms with van der Waals surface area (Å²) < 4.78 is 0. The maximum Gasteiger partial charge on any atom is 0.191 e. The summed E-state index contributed by atoms with van der Waals surface area (Å²) in [5.74, 6) is 0.921. The van der Waals surface area contributed by atoms with Crippen LogP contribution in [0.4, 0.5) is 0 Å². The number of nitrogens with zero attached hydrogens (tertiary/aromatic N) is 2. The van der Waals surface area contributed by atoms with Crippen molar-refractivity contribution in [1.29, 1.82) is 0 Å². The Morgan fingerprint density at radius 3 is 2.25 bits per heavy atom. The van der Waals surface area contributed by atoms with Gasteiger partial charge >= 0.3 is 0 Å². The van der Waals surface area contributed by atoms with Crippen molar-refractivity contribution in [2.75, 3.05) is 32.7 Å². The van der Waals surface area contributed by atoms with Crippen molar-refractivity contribution < 1.29 is 0 Å². The van der Waals surface area contributed by atoms with E-state index in [-0.39, 0.29) is 0 Å². The number of hydrogen-bond donors (Lipinski definition) is 2. The van der Waals surface area contributed by atoms with Gasteiger partial charge in [-0.2, -0.15) is 0 Å². The van der Waals surface area contributed by atoms with Crippen LogP contribution in [0.3, 0.4) is 0 Å². The standard InChI is InChI=1S/C12H28N4/c1-6-13-12(15-11(4)5)14-9-10-16(7-2)8-3/h11H,6-10H2,1-5H3,(H2,13,14,15). The molecule has 0 atom stereocenters. The zero-order valence-corrected chi connectivity index (χ0v) is 11.5. The van der Waals surface area contributed by atoms with E-state index in [9.17, 15) is 0 Å². The van der Waals surface area contributed by atoms with E-state index in [0.29, 0.717) is 6.04 Å². The number of likely N-dealkylation sites (N-methyl/N-ethyl adjacent to an activating group) is 1. The third-order valence-corrected chi connectivity index (χ3v) is 2.35. The van der Waals surface area contributed by atoms with Crippen LogP contribution in [0.2, 0.25) is 0 Å². The van der Waals surface area contributed by atoms with Crippen LogP contribution in [0.1, 0.15) is 34.6 Å². The van der Waals surface area contributed by atoms with Crippen LogP contribution in [-0.4, -0.2) is 49.6 Å². The van der Waals surface area contributed by atoms with Crippen molar-refractivity contribution in [3.05, 3.63) is 0 Å². The lowest BCUT2D eigenvalue weighted by Gasteiger charge is -2.18. The van der Waals surface area contributed by atoms with E-state index in [0.717, 1.165) is 38.7 Å². The van der Waals surface area contributed by atoms with Crippen LogP contribution in [0.15, 0.2) is 4.99 Å². The molecule has 0 aromatic carbocycles. The molecule has 0 aliphatic heterocycles. The second-order valence-corrected chi connectivity index (χ2v) is 4.09. The summed E-state index contributed by atoms with van der Waals surface area (Å²) in [6.07, 6.45) is 0. The normalized spacial score (nSPS) is 12.3. The summed E-state index contributed by atoms with van der Waals surface area (Å²) >= 11 is 0. The van der Waals surface area contributed by atoms with Crippen molar-refractivity contribution in [2.24, 2.45) is 4.99 Å². The van der Waals surface area contributed by atoms with E-state index in [2.05, 4.69) is 55.1 Å². The van der Waals surface area contributed by atoms with E-state index < -0.39 is 0 Å². The average Bonchev–Trinajstić information content (AvgIpc) is 2.24. The Labute approximate surface area is 101 Å². The molecule has 0 unspecified atom stereocenters. The number of nitrogens with one attached hydrogen (secondary N) is 2. The highest BCUT2D eigenvalue weighted by atomic mass is 15.2. The molecule has 0 aliphatic rings. The molecule has 0 radical (unpaired) electrons. The lowest BCUT2D eigenvalue weighted by atomic mass is 10.4. The van der Waals surface area contributed by atoms with Crippen molar-refractivity contribution in [2.45, 2.75) is 40.7 Å². The van der Waals surface area contributed by atoms with Gasteiger partial charge in [0.1, 0.15) is 0 Å². The number of guanidine groups is 1. The molecule has 4 nitrogen and oxygen atoms in total. The van der Waals surface area contributed by atoms with Crippen LogP contribution in [0.5, 0.6) is 0 Å². The molecule has 0 aromatic heterocycles. The SMILES string of the molecule is CCNC(=NCCN(CC)CC)NC(C)C. The minimum atomic E-state index is 0.422. The van der Waals surface area contributed by atoms with E-state index in [1.165, 1.54) is 0 Å². The zero-order chi connectivity index (χ0) is 12.4. The van der Waals surface area contributed by atoms with Gasteiger partial charge in [-0.15, -0.1) is 0 Å². The number of rotatable bonds is 7. The first-order chi connectivity index (χ1) is 7.63. The van der Waals surface area contributed by atoms with Gasteiger partial charge in [0.15, 0.2) is 5.96 Å². The van der Waals surface area contributed by atoms with Gasteiger partial charge in [-0.25, -0.2) is 0 Å². The first kappa shape index (κ1) is 15.2. The van der Waals surface area contributed by atoms with Crippen molar-refractivity contribution in [1.82, 2.24) is 15.5 Å². The van der Waals surface area contributed by atoms with E-state index in [1.54, 1.807) is 0 Å². The summed E-state index contributed by atoms with van der Waals surface area (Å²) in [6.45, 7) is 15.7. The van der Waals surface area contributed by atoms with Crippen molar-refractivity contribution in [3.8, 4) is 0 Å². The molecule has 4 heteroatoms. The van der Waals surface area contributed by atoms with Crippen LogP contribution >= 0.6 is 0 Å². The molecule has 16 heavy (non-hydrogen) atoms. The van der Waals surface area contributed by atoms with Gasteiger partial charge in [0.25, 0.3) is 0 Å².